The van der Waals surface area contributed by atoms with Gasteiger partial charge in [-0.2, -0.15) is 0 Å². The lowest BCUT2D eigenvalue weighted by molar-refractivity contribution is -0.120. The zero-order valence-corrected chi connectivity index (χ0v) is 12.9. The second-order valence-corrected chi connectivity index (χ2v) is 6.04. The van der Waals surface area contributed by atoms with Gasteiger partial charge in [0.1, 0.15) is 0 Å². The van der Waals surface area contributed by atoms with E-state index in [-0.39, 0.29) is 11.9 Å². The summed E-state index contributed by atoms with van der Waals surface area (Å²) in [5.74, 6) is 0.0872. The first kappa shape index (κ1) is 14.5. The van der Waals surface area contributed by atoms with Crippen molar-refractivity contribution in [2.75, 3.05) is 18.4 Å². The number of benzene rings is 1. The Labute approximate surface area is 123 Å². The van der Waals surface area contributed by atoms with E-state index in [9.17, 15) is 4.79 Å². The van der Waals surface area contributed by atoms with Crippen LogP contribution in [0.25, 0.3) is 0 Å². The summed E-state index contributed by atoms with van der Waals surface area (Å²) < 4.78 is 1.02. The standard InChI is InChI=1S/C15H21BrN2O/c1-12(18-10-4-2-3-5-11-18)15(19)17-14-8-6-13(16)7-9-14/h6-9,12H,2-5,10-11H2,1H3,(H,17,19). The van der Waals surface area contributed by atoms with Crippen LogP contribution in [0.3, 0.4) is 0 Å². The minimum absolute atomic E-state index is 0.0539. The van der Waals surface area contributed by atoms with Gasteiger partial charge in [-0.05, 0) is 57.1 Å². The molecule has 4 heteroatoms. The van der Waals surface area contributed by atoms with Crippen LogP contribution in [0.2, 0.25) is 0 Å². The summed E-state index contributed by atoms with van der Waals surface area (Å²) in [4.78, 5) is 14.5. The molecule has 0 bridgehead atoms. The van der Waals surface area contributed by atoms with Gasteiger partial charge in [-0.3, -0.25) is 9.69 Å². The molecule has 1 aromatic rings. The lowest BCUT2D eigenvalue weighted by atomic mass is 10.2. The van der Waals surface area contributed by atoms with Gasteiger partial charge in [-0.1, -0.05) is 28.8 Å². The molecule has 0 aliphatic carbocycles. The van der Waals surface area contributed by atoms with E-state index in [2.05, 4.69) is 26.1 Å². The molecule has 0 aromatic heterocycles. The molecule has 1 fully saturated rings. The van der Waals surface area contributed by atoms with Crippen molar-refractivity contribution in [3.8, 4) is 0 Å². The number of hydrogen-bond donors (Lipinski definition) is 1. The van der Waals surface area contributed by atoms with Crippen LogP contribution in [0.4, 0.5) is 5.69 Å². The number of likely N-dealkylation sites (tertiary alicyclic amines) is 1. The van der Waals surface area contributed by atoms with E-state index in [0.29, 0.717) is 0 Å². The molecule has 1 aliphatic rings. The van der Waals surface area contributed by atoms with Gasteiger partial charge in [-0.25, -0.2) is 0 Å². The van der Waals surface area contributed by atoms with E-state index in [1.165, 1.54) is 25.7 Å². The van der Waals surface area contributed by atoms with Gasteiger partial charge in [0.2, 0.25) is 5.91 Å². The molecule has 1 aromatic carbocycles. The number of anilines is 1. The molecule has 0 radical (unpaired) electrons. The number of amides is 1. The van der Waals surface area contributed by atoms with E-state index in [4.69, 9.17) is 0 Å². The second kappa shape index (κ2) is 7.06. The van der Waals surface area contributed by atoms with E-state index in [1.807, 2.05) is 31.2 Å². The van der Waals surface area contributed by atoms with Crippen molar-refractivity contribution in [1.82, 2.24) is 4.90 Å². The second-order valence-electron chi connectivity index (χ2n) is 5.12. The number of nitrogens with zero attached hydrogens (tertiary/aromatic N) is 1. The topological polar surface area (TPSA) is 32.3 Å². The highest BCUT2D eigenvalue weighted by atomic mass is 79.9. The van der Waals surface area contributed by atoms with Crippen LogP contribution in [0, 0.1) is 0 Å². The van der Waals surface area contributed by atoms with Crippen molar-refractivity contribution in [2.45, 2.75) is 38.6 Å². The maximum Gasteiger partial charge on any atom is 0.241 e. The van der Waals surface area contributed by atoms with Crippen molar-refractivity contribution in [1.29, 1.82) is 0 Å². The lowest BCUT2D eigenvalue weighted by Gasteiger charge is -2.26. The van der Waals surface area contributed by atoms with Gasteiger partial charge in [-0.15, -0.1) is 0 Å². The highest BCUT2D eigenvalue weighted by molar-refractivity contribution is 9.10. The van der Waals surface area contributed by atoms with Crippen LogP contribution in [0.5, 0.6) is 0 Å². The maximum atomic E-state index is 12.2. The average molecular weight is 325 g/mol. The fourth-order valence-corrected chi connectivity index (χ4v) is 2.69. The molecule has 104 valence electrons. The van der Waals surface area contributed by atoms with Crippen molar-refractivity contribution in [3.63, 3.8) is 0 Å². The zero-order valence-electron chi connectivity index (χ0n) is 11.4. The number of hydrogen-bond acceptors (Lipinski definition) is 2. The SMILES string of the molecule is CC(C(=O)Nc1ccc(Br)cc1)N1CCCCCC1. The number of nitrogens with one attached hydrogen (secondary N) is 1. The third-order valence-electron chi connectivity index (χ3n) is 3.68. The summed E-state index contributed by atoms with van der Waals surface area (Å²) in [5.41, 5.74) is 0.856. The Bertz CT molecular complexity index is 411. The number of rotatable bonds is 3. The molecule has 0 spiro atoms. The number of halogens is 1. The fraction of sp³-hybridized carbons (Fsp3) is 0.533. The first-order chi connectivity index (χ1) is 9.16. The first-order valence-corrected chi connectivity index (χ1v) is 7.76. The Morgan fingerprint density at radius 1 is 1.16 bits per heavy atom. The summed E-state index contributed by atoms with van der Waals surface area (Å²) in [6.07, 6.45) is 4.99. The summed E-state index contributed by atoms with van der Waals surface area (Å²) in [7, 11) is 0. The molecule has 1 atom stereocenters. The molecule has 2 rings (SSSR count). The third-order valence-corrected chi connectivity index (χ3v) is 4.21. The molecular formula is C15H21BrN2O. The maximum absolute atomic E-state index is 12.2. The molecule has 1 unspecified atom stereocenters. The number of carbonyl (C=O) groups is 1. The Balaban J connectivity index is 1.92. The van der Waals surface area contributed by atoms with E-state index >= 15 is 0 Å². The summed E-state index contributed by atoms with van der Waals surface area (Å²) in [5, 5.41) is 2.99. The Hall–Kier alpha value is -0.870. The third kappa shape index (κ3) is 4.32. The summed E-state index contributed by atoms with van der Waals surface area (Å²) in [6, 6.07) is 7.65. The van der Waals surface area contributed by atoms with Gasteiger partial charge in [0.25, 0.3) is 0 Å². The number of carbonyl (C=O) groups excluding carboxylic acids is 1. The van der Waals surface area contributed by atoms with Crippen molar-refractivity contribution in [2.24, 2.45) is 0 Å². The van der Waals surface area contributed by atoms with E-state index < -0.39 is 0 Å². The molecule has 0 saturated carbocycles. The van der Waals surface area contributed by atoms with Crippen LogP contribution >= 0.6 is 15.9 Å². The van der Waals surface area contributed by atoms with Gasteiger partial charge < -0.3 is 5.32 Å². The fourth-order valence-electron chi connectivity index (χ4n) is 2.43. The van der Waals surface area contributed by atoms with Crippen molar-refractivity contribution in [3.05, 3.63) is 28.7 Å². The van der Waals surface area contributed by atoms with Crippen LogP contribution in [0.1, 0.15) is 32.6 Å². The Morgan fingerprint density at radius 2 is 1.74 bits per heavy atom. The summed E-state index contributed by atoms with van der Waals surface area (Å²) in [6.45, 7) is 4.07. The quantitative estimate of drug-likeness (QED) is 0.920. The van der Waals surface area contributed by atoms with Crippen LogP contribution in [-0.2, 0) is 4.79 Å². The minimum Gasteiger partial charge on any atom is -0.325 e. The molecule has 1 amide bonds. The predicted molar refractivity (Wildman–Crippen MR) is 82.3 cm³/mol. The van der Waals surface area contributed by atoms with Gasteiger partial charge in [0, 0.05) is 10.2 Å². The lowest BCUT2D eigenvalue weighted by Crippen LogP contribution is -2.42. The molecular weight excluding hydrogens is 304 g/mol. The Morgan fingerprint density at radius 3 is 2.32 bits per heavy atom. The molecule has 1 N–H and O–H groups in total. The molecule has 1 heterocycles. The molecule has 1 aliphatic heterocycles. The first-order valence-electron chi connectivity index (χ1n) is 6.97. The molecule has 19 heavy (non-hydrogen) atoms. The van der Waals surface area contributed by atoms with Gasteiger partial charge in [0.15, 0.2) is 0 Å². The predicted octanol–water partition coefficient (Wildman–Crippen LogP) is 3.65. The minimum atomic E-state index is -0.0539. The normalized spacial score (nSPS) is 18.6. The molecule has 1 saturated heterocycles. The van der Waals surface area contributed by atoms with Gasteiger partial charge in [0.05, 0.1) is 6.04 Å². The monoisotopic (exact) mass is 324 g/mol. The van der Waals surface area contributed by atoms with Crippen LogP contribution in [0.15, 0.2) is 28.7 Å². The van der Waals surface area contributed by atoms with Crippen molar-refractivity contribution < 1.29 is 4.79 Å². The van der Waals surface area contributed by atoms with E-state index in [0.717, 1.165) is 23.2 Å². The highest BCUT2D eigenvalue weighted by Crippen LogP contribution is 2.16. The smallest absolute Gasteiger partial charge is 0.241 e. The zero-order chi connectivity index (χ0) is 13.7. The van der Waals surface area contributed by atoms with Crippen LogP contribution < -0.4 is 5.32 Å². The van der Waals surface area contributed by atoms with Crippen LogP contribution in [-0.4, -0.2) is 29.9 Å². The largest absolute Gasteiger partial charge is 0.325 e. The van der Waals surface area contributed by atoms with Gasteiger partial charge >= 0.3 is 0 Å². The average Bonchev–Trinajstić information content (AvgIpc) is 2.69. The Kier molecular flexibility index (Phi) is 5.40. The van der Waals surface area contributed by atoms with Crippen molar-refractivity contribution >= 4 is 27.5 Å². The summed E-state index contributed by atoms with van der Waals surface area (Å²) >= 11 is 3.39. The highest BCUT2D eigenvalue weighted by Gasteiger charge is 2.21. The molecule has 3 nitrogen and oxygen atoms in total. The van der Waals surface area contributed by atoms with E-state index in [1.54, 1.807) is 0 Å².